The van der Waals surface area contributed by atoms with E-state index >= 15 is 0 Å². The molecule has 0 aliphatic carbocycles. The Balaban J connectivity index is 2.39. The smallest absolute Gasteiger partial charge is 0.0876 e. The van der Waals surface area contributed by atoms with Crippen LogP contribution in [0.15, 0.2) is 11.8 Å². The van der Waals surface area contributed by atoms with Gasteiger partial charge < -0.3 is 4.74 Å². The van der Waals surface area contributed by atoms with E-state index in [1.807, 2.05) is 0 Å². The number of terminal acetylenes is 1. The minimum atomic E-state index is 0.750. The molecule has 1 heteroatoms. The summed E-state index contributed by atoms with van der Waals surface area (Å²) in [4.78, 5) is 0. The molecule has 0 aromatic rings. The van der Waals surface area contributed by atoms with E-state index < -0.39 is 0 Å². The standard InChI is InChI=1S/C8H10O/c1-2-4-8-5-3-6-9-7-8/h1,7H,3-6H2. The maximum Gasteiger partial charge on any atom is 0.0876 e. The summed E-state index contributed by atoms with van der Waals surface area (Å²) < 4.78 is 5.08. The van der Waals surface area contributed by atoms with Crippen LogP contribution in [0, 0.1) is 12.3 Å². The van der Waals surface area contributed by atoms with Gasteiger partial charge in [-0.05, 0) is 18.4 Å². The summed E-state index contributed by atoms with van der Waals surface area (Å²) in [6.45, 7) is 0.855. The van der Waals surface area contributed by atoms with Crippen molar-refractivity contribution in [3.63, 3.8) is 0 Å². The van der Waals surface area contributed by atoms with Crippen LogP contribution in [0.5, 0.6) is 0 Å². The van der Waals surface area contributed by atoms with Gasteiger partial charge >= 0.3 is 0 Å². The lowest BCUT2D eigenvalue weighted by atomic mass is 10.1. The van der Waals surface area contributed by atoms with Gasteiger partial charge in [-0.15, -0.1) is 12.3 Å². The largest absolute Gasteiger partial charge is 0.501 e. The van der Waals surface area contributed by atoms with Crippen LogP contribution < -0.4 is 0 Å². The van der Waals surface area contributed by atoms with Crippen LogP contribution in [0.2, 0.25) is 0 Å². The van der Waals surface area contributed by atoms with Crippen molar-refractivity contribution < 1.29 is 4.74 Å². The number of hydrogen-bond acceptors (Lipinski definition) is 1. The topological polar surface area (TPSA) is 9.23 Å². The van der Waals surface area contributed by atoms with E-state index in [0.29, 0.717) is 0 Å². The first kappa shape index (κ1) is 6.22. The number of hydrogen-bond donors (Lipinski definition) is 0. The van der Waals surface area contributed by atoms with Crippen molar-refractivity contribution in [1.82, 2.24) is 0 Å². The molecule has 9 heavy (non-hydrogen) atoms. The van der Waals surface area contributed by atoms with Crippen LogP contribution in [0.3, 0.4) is 0 Å². The van der Waals surface area contributed by atoms with Crippen molar-refractivity contribution in [1.29, 1.82) is 0 Å². The van der Waals surface area contributed by atoms with Gasteiger partial charge in [0.15, 0.2) is 0 Å². The van der Waals surface area contributed by atoms with Gasteiger partial charge in [0.2, 0.25) is 0 Å². The fourth-order valence-corrected chi connectivity index (χ4v) is 0.879. The average Bonchev–Trinajstić information content (AvgIpc) is 1.91. The molecule has 0 bridgehead atoms. The maximum atomic E-state index is 5.11. The Labute approximate surface area is 55.7 Å². The van der Waals surface area contributed by atoms with Crippen LogP contribution in [0.1, 0.15) is 19.3 Å². The molecule has 1 nitrogen and oxygen atoms in total. The van der Waals surface area contributed by atoms with E-state index in [-0.39, 0.29) is 0 Å². The Morgan fingerprint density at radius 2 is 2.67 bits per heavy atom. The number of ether oxygens (including phenoxy) is 1. The lowest BCUT2D eigenvalue weighted by Crippen LogP contribution is -1.97. The average molecular weight is 122 g/mol. The zero-order valence-electron chi connectivity index (χ0n) is 5.39. The van der Waals surface area contributed by atoms with Gasteiger partial charge in [0.05, 0.1) is 12.9 Å². The zero-order chi connectivity index (χ0) is 6.53. The molecule has 1 rings (SSSR count). The molecule has 1 aliphatic heterocycles. The van der Waals surface area contributed by atoms with Crippen molar-refractivity contribution >= 4 is 0 Å². The molecule has 0 spiro atoms. The van der Waals surface area contributed by atoms with Gasteiger partial charge in [0.1, 0.15) is 0 Å². The summed E-state index contributed by atoms with van der Waals surface area (Å²) in [7, 11) is 0. The maximum absolute atomic E-state index is 5.11. The van der Waals surface area contributed by atoms with E-state index in [0.717, 1.165) is 25.9 Å². The third-order valence-corrected chi connectivity index (χ3v) is 1.34. The van der Waals surface area contributed by atoms with Gasteiger partial charge in [-0.25, -0.2) is 0 Å². The molecule has 0 amide bonds. The molecule has 1 heterocycles. The Morgan fingerprint density at radius 3 is 3.22 bits per heavy atom. The molecule has 0 unspecified atom stereocenters. The second-order valence-electron chi connectivity index (χ2n) is 2.13. The van der Waals surface area contributed by atoms with Crippen molar-refractivity contribution in [2.75, 3.05) is 6.61 Å². The first-order chi connectivity index (χ1) is 4.43. The Kier molecular flexibility index (Phi) is 2.21. The van der Waals surface area contributed by atoms with Gasteiger partial charge in [0.25, 0.3) is 0 Å². The molecule has 0 saturated carbocycles. The molecular weight excluding hydrogens is 112 g/mol. The third kappa shape index (κ3) is 1.81. The Bertz CT molecular complexity index is 150. The monoisotopic (exact) mass is 122 g/mol. The highest BCUT2D eigenvalue weighted by atomic mass is 16.5. The second-order valence-corrected chi connectivity index (χ2v) is 2.13. The first-order valence-electron chi connectivity index (χ1n) is 3.16. The van der Waals surface area contributed by atoms with E-state index in [1.165, 1.54) is 5.57 Å². The Hall–Kier alpha value is -0.900. The highest BCUT2D eigenvalue weighted by Crippen LogP contribution is 2.13. The van der Waals surface area contributed by atoms with Gasteiger partial charge in [-0.1, -0.05) is 0 Å². The highest BCUT2D eigenvalue weighted by molar-refractivity contribution is 5.09. The zero-order valence-corrected chi connectivity index (χ0v) is 5.39. The van der Waals surface area contributed by atoms with Crippen LogP contribution in [0.25, 0.3) is 0 Å². The normalized spacial score (nSPS) is 17.4. The molecule has 0 aromatic heterocycles. The fourth-order valence-electron chi connectivity index (χ4n) is 0.879. The number of allylic oxidation sites excluding steroid dienone is 1. The predicted octanol–water partition coefficient (Wildman–Crippen LogP) is 1.70. The molecule has 0 saturated heterocycles. The molecule has 0 fully saturated rings. The third-order valence-electron chi connectivity index (χ3n) is 1.34. The summed E-state index contributed by atoms with van der Waals surface area (Å²) in [5, 5.41) is 0. The summed E-state index contributed by atoms with van der Waals surface area (Å²) in [6.07, 6.45) is 9.89. The predicted molar refractivity (Wildman–Crippen MR) is 36.7 cm³/mol. The van der Waals surface area contributed by atoms with Gasteiger partial charge in [0, 0.05) is 6.42 Å². The minimum Gasteiger partial charge on any atom is -0.501 e. The first-order valence-corrected chi connectivity index (χ1v) is 3.16. The van der Waals surface area contributed by atoms with Crippen LogP contribution >= 0.6 is 0 Å². The van der Waals surface area contributed by atoms with Crippen LogP contribution in [-0.2, 0) is 4.74 Å². The summed E-state index contributed by atoms with van der Waals surface area (Å²) >= 11 is 0. The summed E-state index contributed by atoms with van der Waals surface area (Å²) in [6, 6.07) is 0. The van der Waals surface area contributed by atoms with E-state index in [4.69, 9.17) is 11.2 Å². The molecule has 0 radical (unpaired) electrons. The highest BCUT2D eigenvalue weighted by Gasteiger charge is 2.00. The molecule has 0 N–H and O–H groups in total. The van der Waals surface area contributed by atoms with Crippen molar-refractivity contribution in [3.05, 3.63) is 11.8 Å². The van der Waals surface area contributed by atoms with Gasteiger partial charge in [-0.3, -0.25) is 0 Å². The summed E-state index contributed by atoms with van der Waals surface area (Å²) in [5.74, 6) is 2.59. The SMILES string of the molecule is C#CCC1=COCCC1. The molecule has 0 aromatic carbocycles. The molecule has 48 valence electrons. The van der Waals surface area contributed by atoms with Crippen LogP contribution in [-0.4, -0.2) is 6.61 Å². The second kappa shape index (κ2) is 3.19. The lowest BCUT2D eigenvalue weighted by molar-refractivity contribution is 0.224. The lowest BCUT2D eigenvalue weighted by Gasteiger charge is -2.10. The Morgan fingerprint density at radius 1 is 1.78 bits per heavy atom. The van der Waals surface area contributed by atoms with Crippen LogP contribution in [0.4, 0.5) is 0 Å². The fraction of sp³-hybridized carbons (Fsp3) is 0.500. The quantitative estimate of drug-likeness (QED) is 0.481. The van der Waals surface area contributed by atoms with E-state index in [1.54, 1.807) is 6.26 Å². The summed E-state index contributed by atoms with van der Waals surface area (Å²) in [5.41, 5.74) is 1.25. The van der Waals surface area contributed by atoms with Crippen molar-refractivity contribution in [3.8, 4) is 12.3 Å². The molecule has 1 aliphatic rings. The molecular formula is C8H10O. The molecule has 0 atom stereocenters. The minimum absolute atomic E-state index is 0.750. The van der Waals surface area contributed by atoms with Crippen molar-refractivity contribution in [2.24, 2.45) is 0 Å². The number of rotatable bonds is 1. The van der Waals surface area contributed by atoms with E-state index in [9.17, 15) is 0 Å². The van der Waals surface area contributed by atoms with Crippen molar-refractivity contribution in [2.45, 2.75) is 19.3 Å². The van der Waals surface area contributed by atoms with E-state index in [2.05, 4.69) is 5.92 Å². The van der Waals surface area contributed by atoms with Gasteiger partial charge in [-0.2, -0.15) is 0 Å².